The Hall–Kier alpha value is -3.12. The largest absolute Gasteiger partial charge is 0.0832 e. The SMILES string of the molecule is C1=CC2=c3ccc4cc5ccccc5cc4c3=CC3=CCC=CC32C=C1. The molecule has 0 radical (unpaired) electrons. The van der Waals surface area contributed by atoms with Gasteiger partial charge in [-0.15, -0.1) is 0 Å². The van der Waals surface area contributed by atoms with Crippen LogP contribution >= 0.6 is 0 Å². The van der Waals surface area contributed by atoms with E-state index in [1.54, 1.807) is 0 Å². The molecular weight excluding hydrogens is 312 g/mol. The molecule has 1 spiro atoms. The summed E-state index contributed by atoms with van der Waals surface area (Å²) in [6.07, 6.45) is 19.5. The van der Waals surface area contributed by atoms with E-state index in [9.17, 15) is 0 Å². The molecule has 122 valence electrons. The van der Waals surface area contributed by atoms with Gasteiger partial charge < -0.3 is 0 Å². The molecule has 0 saturated carbocycles. The van der Waals surface area contributed by atoms with Gasteiger partial charge in [0.15, 0.2) is 0 Å². The molecule has 3 aromatic carbocycles. The second-order valence-electron chi connectivity index (χ2n) is 7.39. The smallest absolute Gasteiger partial charge is 0.0569 e. The van der Waals surface area contributed by atoms with Crippen LogP contribution in [0.25, 0.3) is 33.2 Å². The molecule has 1 unspecified atom stereocenters. The Kier molecular flexibility index (Phi) is 2.69. The molecule has 26 heavy (non-hydrogen) atoms. The molecule has 3 aliphatic rings. The van der Waals surface area contributed by atoms with Gasteiger partial charge in [0.2, 0.25) is 0 Å². The van der Waals surface area contributed by atoms with Gasteiger partial charge in [0.1, 0.15) is 0 Å². The molecule has 0 saturated heterocycles. The van der Waals surface area contributed by atoms with E-state index in [2.05, 4.69) is 97.1 Å². The van der Waals surface area contributed by atoms with Crippen molar-refractivity contribution in [2.75, 3.05) is 0 Å². The minimum absolute atomic E-state index is 0.0788. The van der Waals surface area contributed by atoms with Crippen LogP contribution in [0.4, 0.5) is 0 Å². The van der Waals surface area contributed by atoms with Gasteiger partial charge in [0.05, 0.1) is 5.41 Å². The monoisotopic (exact) mass is 330 g/mol. The number of hydrogen-bond acceptors (Lipinski definition) is 0. The highest BCUT2D eigenvalue weighted by atomic mass is 14.4. The average Bonchev–Trinajstić information content (AvgIpc) is 2.70. The van der Waals surface area contributed by atoms with Crippen LogP contribution in [0.1, 0.15) is 6.42 Å². The molecule has 0 heterocycles. The zero-order chi connectivity index (χ0) is 17.1. The van der Waals surface area contributed by atoms with E-state index < -0.39 is 0 Å². The molecule has 0 amide bonds. The number of rotatable bonds is 0. The Bertz CT molecular complexity index is 1340. The van der Waals surface area contributed by atoms with Crippen molar-refractivity contribution in [3.8, 4) is 0 Å². The van der Waals surface area contributed by atoms with Gasteiger partial charge in [-0.3, -0.25) is 0 Å². The van der Waals surface area contributed by atoms with Crippen LogP contribution in [-0.4, -0.2) is 0 Å². The molecule has 0 heteroatoms. The molecule has 0 aliphatic heterocycles. The van der Waals surface area contributed by atoms with Crippen molar-refractivity contribution in [2.45, 2.75) is 6.42 Å². The van der Waals surface area contributed by atoms with Crippen LogP contribution in [0.15, 0.2) is 96.6 Å². The zero-order valence-electron chi connectivity index (χ0n) is 14.4. The first-order valence-corrected chi connectivity index (χ1v) is 9.27. The van der Waals surface area contributed by atoms with Crippen molar-refractivity contribution in [1.29, 1.82) is 0 Å². The van der Waals surface area contributed by atoms with Crippen LogP contribution in [0.5, 0.6) is 0 Å². The average molecular weight is 330 g/mol. The van der Waals surface area contributed by atoms with Gasteiger partial charge in [-0.1, -0.05) is 78.9 Å². The summed E-state index contributed by atoms with van der Waals surface area (Å²) in [6.45, 7) is 0. The third-order valence-corrected chi connectivity index (χ3v) is 6.03. The van der Waals surface area contributed by atoms with Crippen molar-refractivity contribution >= 4 is 33.2 Å². The summed E-state index contributed by atoms with van der Waals surface area (Å²) in [6, 6.07) is 17.9. The summed E-state index contributed by atoms with van der Waals surface area (Å²) in [5, 5.41) is 7.99. The number of benzene rings is 3. The molecule has 0 N–H and O–H groups in total. The summed E-state index contributed by atoms with van der Waals surface area (Å²) in [4.78, 5) is 0. The summed E-state index contributed by atoms with van der Waals surface area (Å²) in [7, 11) is 0. The van der Waals surface area contributed by atoms with E-state index in [1.807, 2.05) is 0 Å². The maximum Gasteiger partial charge on any atom is 0.0569 e. The second-order valence-corrected chi connectivity index (χ2v) is 7.39. The van der Waals surface area contributed by atoms with Gasteiger partial charge in [-0.25, -0.2) is 0 Å². The first-order chi connectivity index (χ1) is 12.9. The van der Waals surface area contributed by atoms with Gasteiger partial charge >= 0.3 is 0 Å². The van der Waals surface area contributed by atoms with Gasteiger partial charge in [-0.2, -0.15) is 0 Å². The molecule has 3 aliphatic carbocycles. The molecule has 0 fully saturated rings. The van der Waals surface area contributed by atoms with E-state index in [-0.39, 0.29) is 5.41 Å². The molecule has 3 aromatic rings. The third kappa shape index (κ3) is 1.74. The first-order valence-electron chi connectivity index (χ1n) is 9.27. The lowest BCUT2D eigenvalue weighted by molar-refractivity contribution is 0.779. The predicted octanol–water partition coefficient (Wildman–Crippen LogP) is 4.94. The van der Waals surface area contributed by atoms with Crippen molar-refractivity contribution < 1.29 is 0 Å². The lowest BCUT2D eigenvalue weighted by Gasteiger charge is -2.37. The third-order valence-electron chi connectivity index (χ3n) is 6.03. The molecule has 0 nitrogen and oxygen atoms in total. The van der Waals surface area contributed by atoms with Crippen LogP contribution in [0.2, 0.25) is 0 Å². The van der Waals surface area contributed by atoms with Gasteiger partial charge in [-0.05, 0) is 67.8 Å². The quantitative estimate of drug-likeness (QED) is 0.405. The fourth-order valence-corrected chi connectivity index (χ4v) is 4.77. The molecule has 0 bridgehead atoms. The van der Waals surface area contributed by atoms with Crippen LogP contribution in [-0.2, 0) is 0 Å². The van der Waals surface area contributed by atoms with E-state index >= 15 is 0 Å². The molecule has 6 rings (SSSR count). The Labute approximate surface area is 152 Å². The van der Waals surface area contributed by atoms with E-state index in [4.69, 9.17) is 0 Å². The number of hydrogen-bond donors (Lipinski definition) is 0. The van der Waals surface area contributed by atoms with Crippen molar-refractivity contribution in [1.82, 2.24) is 0 Å². The van der Waals surface area contributed by atoms with Crippen LogP contribution in [0, 0.1) is 5.41 Å². The predicted molar refractivity (Wildman–Crippen MR) is 111 cm³/mol. The Morgan fingerprint density at radius 1 is 0.808 bits per heavy atom. The van der Waals surface area contributed by atoms with Gasteiger partial charge in [0.25, 0.3) is 0 Å². The summed E-state index contributed by atoms with van der Waals surface area (Å²) in [5.41, 5.74) is 2.73. The van der Waals surface area contributed by atoms with E-state index in [0.29, 0.717) is 0 Å². The summed E-state index contributed by atoms with van der Waals surface area (Å²) >= 11 is 0. The Morgan fingerprint density at radius 3 is 2.62 bits per heavy atom. The first kappa shape index (κ1) is 14.1. The van der Waals surface area contributed by atoms with Crippen molar-refractivity contribution in [3.63, 3.8) is 0 Å². The minimum Gasteiger partial charge on any atom is -0.0832 e. The maximum atomic E-state index is 2.42. The second kappa shape index (κ2) is 4.95. The zero-order valence-corrected chi connectivity index (χ0v) is 14.4. The van der Waals surface area contributed by atoms with Crippen LogP contribution < -0.4 is 10.4 Å². The topological polar surface area (TPSA) is 0 Å². The van der Waals surface area contributed by atoms with Crippen molar-refractivity contribution in [3.05, 3.63) is 107 Å². The summed E-state index contributed by atoms with van der Waals surface area (Å²) < 4.78 is 0. The van der Waals surface area contributed by atoms with Crippen molar-refractivity contribution in [2.24, 2.45) is 5.41 Å². The highest BCUT2D eigenvalue weighted by molar-refractivity contribution is 6.00. The number of allylic oxidation sites excluding steroid dienone is 8. The highest BCUT2D eigenvalue weighted by Gasteiger charge is 2.35. The molecule has 1 atom stereocenters. The van der Waals surface area contributed by atoms with E-state index in [1.165, 1.54) is 43.1 Å². The fraction of sp³-hybridized carbons (Fsp3) is 0.0769. The highest BCUT2D eigenvalue weighted by Crippen LogP contribution is 2.46. The van der Waals surface area contributed by atoms with Crippen LogP contribution in [0.3, 0.4) is 0 Å². The molecular formula is C26H18. The number of fused-ring (bicyclic) bond motifs is 4. The Balaban J connectivity index is 1.83. The fourth-order valence-electron chi connectivity index (χ4n) is 4.77. The standard InChI is InChI=1S/C26H18/c1-2-8-19-16-23-20(15-18(19)7-1)11-12-22-24(23)17-21-9-3-5-13-26(21)14-6-4-10-25(22)26/h1-2,4-17H,3H2. The van der Waals surface area contributed by atoms with Gasteiger partial charge in [0, 0.05) is 0 Å². The lowest BCUT2D eigenvalue weighted by atomic mass is 9.66. The normalized spacial score (nSPS) is 22.6. The van der Waals surface area contributed by atoms with E-state index in [0.717, 1.165) is 6.42 Å². The summed E-state index contributed by atoms with van der Waals surface area (Å²) in [5.74, 6) is 0. The minimum atomic E-state index is -0.0788. The lowest BCUT2D eigenvalue weighted by Crippen LogP contribution is -2.39. The Morgan fingerprint density at radius 2 is 1.69 bits per heavy atom. The maximum absolute atomic E-state index is 2.42. The molecule has 0 aromatic heterocycles.